The van der Waals surface area contributed by atoms with Gasteiger partial charge in [0.2, 0.25) is 11.8 Å². The summed E-state index contributed by atoms with van der Waals surface area (Å²) >= 11 is 0. The van der Waals surface area contributed by atoms with Gasteiger partial charge in [0.15, 0.2) is 0 Å². The summed E-state index contributed by atoms with van der Waals surface area (Å²) in [6, 6.07) is 23.2. The highest BCUT2D eigenvalue weighted by atomic mass is 19.1. The Morgan fingerprint density at radius 2 is 1.59 bits per heavy atom. The number of amides is 2. The van der Waals surface area contributed by atoms with Gasteiger partial charge in [-0.2, -0.15) is 0 Å². The first-order valence-electron chi connectivity index (χ1n) is 11.1. The van der Waals surface area contributed by atoms with Crippen molar-refractivity contribution >= 4 is 23.2 Å². The van der Waals surface area contributed by atoms with Crippen LogP contribution in [0.4, 0.5) is 15.8 Å². The van der Waals surface area contributed by atoms with Crippen LogP contribution in [0.3, 0.4) is 0 Å². The number of anilines is 2. The van der Waals surface area contributed by atoms with Crippen molar-refractivity contribution in [3.05, 3.63) is 95.8 Å². The Morgan fingerprint density at radius 3 is 2.31 bits per heavy atom. The molecule has 32 heavy (non-hydrogen) atoms. The molecule has 0 aromatic heterocycles. The van der Waals surface area contributed by atoms with Crippen LogP contribution in [0.15, 0.2) is 78.9 Å². The summed E-state index contributed by atoms with van der Waals surface area (Å²) < 4.78 is 13.4. The molecule has 0 aliphatic heterocycles. The highest BCUT2D eigenvalue weighted by Gasteiger charge is 2.28. The quantitative estimate of drug-likeness (QED) is 0.520. The minimum atomic E-state index is -0.297. The number of nitrogens with zero attached hydrogens (tertiary/aromatic N) is 1. The van der Waals surface area contributed by atoms with E-state index in [1.54, 1.807) is 17.0 Å². The minimum Gasteiger partial charge on any atom is -0.326 e. The van der Waals surface area contributed by atoms with Crippen molar-refractivity contribution < 1.29 is 14.0 Å². The predicted octanol–water partition coefficient (Wildman–Crippen LogP) is 5.73. The smallest absolute Gasteiger partial charge is 0.230 e. The lowest BCUT2D eigenvalue weighted by molar-refractivity contribution is -0.122. The normalized spacial score (nSPS) is 13.7. The van der Waals surface area contributed by atoms with Crippen molar-refractivity contribution in [2.24, 2.45) is 5.92 Å². The van der Waals surface area contributed by atoms with Crippen molar-refractivity contribution in [3.63, 3.8) is 0 Å². The Balaban J connectivity index is 1.54. The lowest BCUT2D eigenvalue weighted by Crippen LogP contribution is -2.35. The Labute approximate surface area is 188 Å². The Kier molecular flexibility index (Phi) is 6.95. The Hall–Kier alpha value is -3.47. The molecule has 4 nitrogen and oxygen atoms in total. The van der Waals surface area contributed by atoms with Crippen LogP contribution in [0.1, 0.15) is 36.8 Å². The van der Waals surface area contributed by atoms with Crippen molar-refractivity contribution in [2.45, 2.75) is 38.6 Å². The molecule has 1 aliphatic carbocycles. The maximum Gasteiger partial charge on any atom is 0.230 e. The summed E-state index contributed by atoms with van der Waals surface area (Å²) in [5.74, 6) is -0.299. The maximum atomic E-state index is 13.4. The summed E-state index contributed by atoms with van der Waals surface area (Å²) in [6.45, 7) is 0.370. The largest absolute Gasteiger partial charge is 0.326 e. The molecular weight excluding hydrogens is 403 g/mol. The zero-order valence-electron chi connectivity index (χ0n) is 18.0. The van der Waals surface area contributed by atoms with Gasteiger partial charge in [0, 0.05) is 17.3 Å². The third kappa shape index (κ3) is 5.61. The van der Waals surface area contributed by atoms with Crippen LogP contribution in [-0.4, -0.2) is 11.8 Å². The number of benzene rings is 3. The molecule has 5 heteroatoms. The molecule has 0 unspecified atom stereocenters. The highest BCUT2D eigenvalue weighted by Crippen LogP contribution is 2.30. The van der Waals surface area contributed by atoms with Crippen LogP contribution < -0.4 is 10.2 Å². The monoisotopic (exact) mass is 430 g/mol. The van der Waals surface area contributed by atoms with Crippen molar-refractivity contribution in [2.75, 3.05) is 10.2 Å². The van der Waals surface area contributed by atoms with E-state index in [1.807, 2.05) is 54.6 Å². The molecule has 1 aliphatic rings. The van der Waals surface area contributed by atoms with E-state index in [1.165, 1.54) is 12.1 Å². The van der Waals surface area contributed by atoms with E-state index in [9.17, 15) is 14.0 Å². The van der Waals surface area contributed by atoms with E-state index in [-0.39, 0.29) is 30.0 Å². The van der Waals surface area contributed by atoms with Gasteiger partial charge in [0.1, 0.15) is 5.82 Å². The SMILES string of the molecule is O=C(Cc1cccc(N(Cc2ccc(F)cc2)C(=O)C2CCCC2)c1)Nc1ccccc1. The summed E-state index contributed by atoms with van der Waals surface area (Å²) in [6.07, 6.45) is 4.15. The third-order valence-electron chi connectivity index (χ3n) is 5.87. The fourth-order valence-electron chi connectivity index (χ4n) is 4.21. The van der Waals surface area contributed by atoms with Gasteiger partial charge in [-0.25, -0.2) is 4.39 Å². The van der Waals surface area contributed by atoms with E-state index >= 15 is 0 Å². The first kappa shape index (κ1) is 21.8. The van der Waals surface area contributed by atoms with Crippen molar-refractivity contribution in [1.82, 2.24) is 0 Å². The molecule has 2 amide bonds. The molecule has 0 heterocycles. The van der Waals surface area contributed by atoms with E-state index in [2.05, 4.69) is 5.32 Å². The van der Waals surface area contributed by atoms with Gasteiger partial charge in [-0.3, -0.25) is 9.59 Å². The summed E-state index contributed by atoms with van der Waals surface area (Å²) in [5.41, 5.74) is 3.21. The molecule has 0 saturated heterocycles. The molecule has 164 valence electrons. The first-order valence-corrected chi connectivity index (χ1v) is 11.1. The second kappa shape index (κ2) is 10.2. The molecular formula is C27H27FN2O2. The molecule has 0 radical (unpaired) electrons. The molecule has 4 rings (SSSR count). The van der Waals surface area contributed by atoms with Crippen LogP contribution in [0.2, 0.25) is 0 Å². The van der Waals surface area contributed by atoms with Gasteiger partial charge >= 0.3 is 0 Å². The number of carbonyl (C=O) groups is 2. The van der Waals surface area contributed by atoms with E-state index < -0.39 is 0 Å². The van der Waals surface area contributed by atoms with Crippen LogP contribution in [0.5, 0.6) is 0 Å². The standard InChI is InChI=1S/C27H27FN2O2/c28-23-15-13-20(14-16-23)19-30(27(32)22-8-4-5-9-22)25-12-6-7-21(17-25)18-26(31)29-24-10-2-1-3-11-24/h1-3,6-7,10-17,22H,4-5,8-9,18-19H2,(H,29,31). The predicted molar refractivity (Wildman–Crippen MR) is 125 cm³/mol. The van der Waals surface area contributed by atoms with Crippen molar-refractivity contribution in [1.29, 1.82) is 0 Å². The second-order valence-corrected chi connectivity index (χ2v) is 8.29. The number of para-hydroxylation sites is 1. The topological polar surface area (TPSA) is 49.4 Å². The van der Waals surface area contributed by atoms with Crippen LogP contribution in [0.25, 0.3) is 0 Å². The van der Waals surface area contributed by atoms with E-state index in [0.717, 1.165) is 48.2 Å². The molecule has 1 fully saturated rings. The fourth-order valence-corrected chi connectivity index (χ4v) is 4.21. The number of carbonyl (C=O) groups excluding carboxylic acids is 2. The molecule has 3 aromatic carbocycles. The number of nitrogens with one attached hydrogen (secondary N) is 1. The second-order valence-electron chi connectivity index (χ2n) is 8.29. The van der Waals surface area contributed by atoms with Gasteiger partial charge in [-0.15, -0.1) is 0 Å². The molecule has 3 aromatic rings. The summed E-state index contributed by atoms with van der Waals surface area (Å²) in [5, 5.41) is 2.90. The zero-order valence-corrected chi connectivity index (χ0v) is 18.0. The van der Waals surface area contributed by atoms with Gasteiger partial charge in [-0.05, 0) is 60.4 Å². The Morgan fingerprint density at radius 1 is 0.875 bits per heavy atom. The van der Waals surface area contributed by atoms with Gasteiger partial charge in [-0.1, -0.05) is 55.3 Å². The van der Waals surface area contributed by atoms with E-state index in [4.69, 9.17) is 0 Å². The summed E-state index contributed by atoms with van der Waals surface area (Å²) in [7, 11) is 0. The molecule has 0 bridgehead atoms. The number of halogens is 1. The average Bonchev–Trinajstić information content (AvgIpc) is 3.34. The van der Waals surface area contributed by atoms with E-state index in [0.29, 0.717) is 6.54 Å². The lowest BCUT2D eigenvalue weighted by atomic mass is 10.0. The maximum absolute atomic E-state index is 13.4. The summed E-state index contributed by atoms with van der Waals surface area (Å²) in [4.78, 5) is 27.6. The zero-order chi connectivity index (χ0) is 22.3. The third-order valence-corrected chi connectivity index (χ3v) is 5.87. The first-order chi connectivity index (χ1) is 15.6. The lowest BCUT2D eigenvalue weighted by Gasteiger charge is -2.26. The van der Waals surface area contributed by atoms with Gasteiger partial charge in [0.05, 0.1) is 13.0 Å². The Bertz CT molecular complexity index is 1060. The van der Waals surface area contributed by atoms with Crippen LogP contribution >= 0.6 is 0 Å². The van der Waals surface area contributed by atoms with Gasteiger partial charge in [0.25, 0.3) is 0 Å². The number of rotatable bonds is 7. The van der Waals surface area contributed by atoms with Crippen molar-refractivity contribution in [3.8, 4) is 0 Å². The highest BCUT2D eigenvalue weighted by molar-refractivity contribution is 5.96. The molecule has 1 saturated carbocycles. The fraction of sp³-hybridized carbons (Fsp3) is 0.259. The molecule has 1 N–H and O–H groups in total. The van der Waals surface area contributed by atoms with Gasteiger partial charge < -0.3 is 10.2 Å². The average molecular weight is 431 g/mol. The number of hydrogen-bond acceptors (Lipinski definition) is 2. The van der Waals surface area contributed by atoms with Crippen LogP contribution in [0, 0.1) is 11.7 Å². The minimum absolute atomic E-state index is 0.0143. The molecule has 0 atom stereocenters. The number of hydrogen-bond donors (Lipinski definition) is 1. The van der Waals surface area contributed by atoms with Crippen LogP contribution in [-0.2, 0) is 22.6 Å². The molecule has 0 spiro atoms.